The highest BCUT2D eigenvalue weighted by Crippen LogP contribution is 2.32. The monoisotopic (exact) mass is 321 g/mol. The number of hydrogen-bond acceptors (Lipinski definition) is 4. The molecule has 0 saturated carbocycles. The maximum Gasteiger partial charge on any atom is 0.264 e. The van der Waals surface area contributed by atoms with E-state index in [2.05, 4.69) is 13.0 Å². The number of thiophene rings is 1. The fraction of sp³-hybridized carbons (Fsp3) is 0.625. The Bertz CT molecular complexity index is 576. The Kier molecular flexibility index (Phi) is 4.49. The van der Waals surface area contributed by atoms with Gasteiger partial charge in [-0.15, -0.1) is 11.3 Å². The number of carbonyl (C=O) groups excluding carboxylic acids is 2. The van der Waals surface area contributed by atoms with Crippen LogP contribution >= 0.6 is 11.3 Å². The summed E-state index contributed by atoms with van der Waals surface area (Å²) < 4.78 is 0. The third-order valence-corrected chi connectivity index (χ3v) is 5.80. The molecule has 5 nitrogen and oxygen atoms in total. The fourth-order valence-corrected chi connectivity index (χ4v) is 4.47. The van der Waals surface area contributed by atoms with E-state index in [4.69, 9.17) is 5.73 Å². The summed E-state index contributed by atoms with van der Waals surface area (Å²) >= 11 is 1.67. The van der Waals surface area contributed by atoms with Crippen LogP contribution in [0.1, 0.15) is 33.5 Å². The molecule has 2 amide bonds. The van der Waals surface area contributed by atoms with Gasteiger partial charge < -0.3 is 10.6 Å². The Hall–Kier alpha value is -1.40. The summed E-state index contributed by atoms with van der Waals surface area (Å²) in [5.41, 5.74) is 6.59. The van der Waals surface area contributed by atoms with Crippen molar-refractivity contribution in [3.63, 3.8) is 0 Å². The predicted octanol–water partition coefficient (Wildman–Crippen LogP) is 1.12. The zero-order valence-corrected chi connectivity index (χ0v) is 13.8. The third-order valence-electron chi connectivity index (χ3n) is 4.58. The largest absolute Gasteiger partial charge is 0.369 e. The molecule has 1 aliphatic carbocycles. The average Bonchev–Trinajstić information content (AvgIpc) is 2.89. The van der Waals surface area contributed by atoms with Crippen molar-refractivity contribution >= 4 is 23.2 Å². The number of piperazine rings is 1. The number of primary amides is 1. The van der Waals surface area contributed by atoms with Gasteiger partial charge in [-0.25, -0.2) is 0 Å². The van der Waals surface area contributed by atoms with Gasteiger partial charge in [0.05, 0.1) is 11.4 Å². The van der Waals surface area contributed by atoms with Crippen LogP contribution in [0.15, 0.2) is 6.07 Å². The number of carbonyl (C=O) groups is 2. The first-order valence-electron chi connectivity index (χ1n) is 7.94. The minimum Gasteiger partial charge on any atom is -0.369 e. The molecule has 1 atom stereocenters. The SMILES string of the molecule is CC1CCc2sc(C(=O)N3CCN(CC(N)=O)CC3)cc2C1. The van der Waals surface area contributed by atoms with Crippen molar-refractivity contribution in [1.29, 1.82) is 0 Å². The lowest BCUT2D eigenvalue weighted by molar-refractivity contribution is -0.119. The highest BCUT2D eigenvalue weighted by atomic mass is 32.1. The average molecular weight is 321 g/mol. The molecule has 6 heteroatoms. The Morgan fingerprint density at radius 3 is 2.73 bits per heavy atom. The number of rotatable bonds is 3. The van der Waals surface area contributed by atoms with Gasteiger partial charge in [0.25, 0.3) is 5.91 Å². The van der Waals surface area contributed by atoms with E-state index in [1.807, 2.05) is 9.80 Å². The molecule has 0 radical (unpaired) electrons. The van der Waals surface area contributed by atoms with Crippen LogP contribution in [0.3, 0.4) is 0 Å². The summed E-state index contributed by atoms with van der Waals surface area (Å²) in [6.45, 7) is 5.34. The molecule has 2 heterocycles. The van der Waals surface area contributed by atoms with Crippen LogP contribution in [-0.4, -0.2) is 54.3 Å². The number of amides is 2. The molecule has 1 aromatic heterocycles. The maximum absolute atomic E-state index is 12.7. The molecule has 0 bridgehead atoms. The number of hydrogen-bond donors (Lipinski definition) is 1. The number of nitrogens with two attached hydrogens (primary N) is 1. The lowest BCUT2D eigenvalue weighted by Gasteiger charge is -2.33. The van der Waals surface area contributed by atoms with E-state index in [0.29, 0.717) is 13.1 Å². The van der Waals surface area contributed by atoms with Crippen LogP contribution in [0.4, 0.5) is 0 Å². The maximum atomic E-state index is 12.7. The van der Waals surface area contributed by atoms with Gasteiger partial charge >= 0.3 is 0 Å². The predicted molar refractivity (Wildman–Crippen MR) is 87.0 cm³/mol. The van der Waals surface area contributed by atoms with Crippen molar-refractivity contribution in [2.75, 3.05) is 32.7 Å². The summed E-state index contributed by atoms with van der Waals surface area (Å²) in [5, 5.41) is 0. The second kappa shape index (κ2) is 6.38. The standard InChI is InChI=1S/C16H23N3O2S/c1-11-2-3-13-12(8-11)9-14(22-13)16(21)19-6-4-18(5-7-19)10-15(17)20/h9,11H,2-8,10H2,1H3,(H2,17,20). The van der Waals surface area contributed by atoms with Crippen molar-refractivity contribution < 1.29 is 9.59 Å². The van der Waals surface area contributed by atoms with Gasteiger partial charge in [0, 0.05) is 31.1 Å². The molecule has 1 saturated heterocycles. The van der Waals surface area contributed by atoms with Crippen molar-refractivity contribution in [1.82, 2.24) is 9.80 Å². The Balaban J connectivity index is 1.62. The fourth-order valence-electron chi connectivity index (χ4n) is 3.30. The van der Waals surface area contributed by atoms with Crippen LogP contribution in [0.2, 0.25) is 0 Å². The van der Waals surface area contributed by atoms with E-state index >= 15 is 0 Å². The first-order valence-corrected chi connectivity index (χ1v) is 8.76. The molecule has 3 rings (SSSR count). The van der Waals surface area contributed by atoms with Gasteiger partial charge in [0.2, 0.25) is 5.91 Å². The highest BCUT2D eigenvalue weighted by molar-refractivity contribution is 7.14. The third kappa shape index (κ3) is 3.33. The van der Waals surface area contributed by atoms with Gasteiger partial charge in [-0.05, 0) is 36.8 Å². The Morgan fingerprint density at radius 2 is 2.05 bits per heavy atom. The molecule has 2 N–H and O–H groups in total. The minimum absolute atomic E-state index is 0.144. The Morgan fingerprint density at radius 1 is 1.32 bits per heavy atom. The molecule has 120 valence electrons. The van der Waals surface area contributed by atoms with Crippen molar-refractivity contribution in [3.05, 3.63) is 21.4 Å². The zero-order valence-electron chi connectivity index (χ0n) is 13.0. The lowest BCUT2D eigenvalue weighted by atomic mass is 9.90. The minimum atomic E-state index is -0.306. The summed E-state index contributed by atoms with van der Waals surface area (Å²) in [5.74, 6) is 0.563. The van der Waals surface area contributed by atoms with E-state index in [1.165, 1.54) is 16.9 Å². The number of aryl methyl sites for hydroxylation is 1. The molecule has 1 fully saturated rings. The quantitative estimate of drug-likeness (QED) is 0.907. The highest BCUT2D eigenvalue weighted by Gasteiger charge is 2.26. The molecule has 2 aliphatic rings. The smallest absolute Gasteiger partial charge is 0.264 e. The van der Waals surface area contributed by atoms with Crippen molar-refractivity contribution in [3.8, 4) is 0 Å². The molecular weight excluding hydrogens is 298 g/mol. The summed E-state index contributed by atoms with van der Waals surface area (Å²) in [6.07, 6.45) is 3.44. The number of fused-ring (bicyclic) bond motifs is 1. The molecule has 1 unspecified atom stereocenters. The van der Waals surface area contributed by atoms with Gasteiger partial charge in [-0.2, -0.15) is 0 Å². The van der Waals surface area contributed by atoms with Crippen LogP contribution in [0.5, 0.6) is 0 Å². The molecule has 22 heavy (non-hydrogen) atoms. The van der Waals surface area contributed by atoms with Crippen LogP contribution in [0, 0.1) is 5.92 Å². The molecule has 1 aliphatic heterocycles. The second-order valence-electron chi connectivity index (χ2n) is 6.44. The van der Waals surface area contributed by atoms with Gasteiger partial charge in [0.15, 0.2) is 0 Å². The van der Waals surface area contributed by atoms with Gasteiger partial charge in [0.1, 0.15) is 0 Å². The normalized spacial score (nSPS) is 22.4. The van der Waals surface area contributed by atoms with E-state index in [9.17, 15) is 9.59 Å². The first kappa shape index (κ1) is 15.5. The second-order valence-corrected chi connectivity index (χ2v) is 7.58. The van der Waals surface area contributed by atoms with E-state index in [-0.39, 0.29) is 18.4 Å². The van der Waals surface area contributed by atoms with Gasteiger partial charge in [-0.3, -0.25) is 14.5 Å². The molecular formula is C16H23N3O2S. The summed E-state index contributed by atoms with van der Waals surface area (Å²) in [6, 6.07) is 2.10. The van der Waals surface area contributed by atoms with Crippen LogP contribution in [0.25, 0.3) is 0 Å². The first-order chi connectivity index (χ1) is 10.5. The summed E-state index contributed by atoms with van der Waals surface area (Å²) in [7, 11) is 0. The summed E-state index contributed by atoms with van der Waals surface area (Å²) in [4.78, 5) is 29.8. The van der Waals surface area contributed by atoms with E-state index in [1.54, 1.807) is 11.3 Å². The van der Waals surface area contributed by atoms with E-state index in [0.717, 1.165) is 36.7 Å². The molecule has 0 spiro atoms. The zero-order chi connectivity index (χ0) is 15.7. The van der Waals surface area contributed by atoms with Crippen LogP contribution in [-0.2, 0) is 17.6 Å². The van der Waals surface area contributed by atoms with E-state index < -0.39 is 0 Å². The number of nitrogens with zero attached hydrogens (tertiary/aromatic N) is 2. The topological polar surface area (TPSA) is 66.6 Å². The van der Waals surface area contributed by atoms with Crippen LogP contribution < -0.4 is 5.73 Å². The molecule has 1 aromatic rings. The van der Waals surface area contributed by atoms with Crippen molar-refractivity contribution in [2.45, 2.75) is 26.2 Å². The van der Waals surface area contributed by atoms with Crippen molar-refractivity contribution in [2.24, 2.45) is 11.7 Å². The molecule has 0 aromatic carbocycles. The lowest BCUT2D eigenvalue weighted by Crippen LogP contribution is -2.50. The van der Waals surface area contributed by atoms with Gasteiger partial charge in [-0.1, -0.05) is 6.92 Å². The Labute approximate surface area is 135 Å².